The van der Waals surface area contributed by atoms with Crippen molar-refractivity contribution in [3.8, 4) is 0 Å². The van der Waals surface area contributed by atoms with Crippen molar-refractivity contribution < 1.29 is 14.3 Å². The van der Waals surface area contributed by atoms with Crippen LogP contribution in [-0.2, 0) is 11.2 Å². The van der Waals surface area contributed by atoms with Gasteiger partial charge in [-0.2, -0.15) is 0 Å². The molecule has 5 heteroatoms. The van der Waals surface area contributed by atoms with E-state index in [4.69, 9.17) is 4.74 Å². The van der Waals surface area contributed by atoms with Crippen LogP contribution in [0.15, 0.2) is 72.8 Å². The Morgan fingerprint density at radius 1 is 0.839 bits per heavy atom. The Labute approximate surface area is 182 Å². The van der Waals surface area contributed by atoms with Crippen LogP contribution in [-0.4, -0.2) is 24.5 Å². The van der Waals surface area contributed by atoms with E-state index in [9.17, 15) is 9.59 Å². The van der Waals surface area contributed by atoms with E-state index in [0.717, 1.165) is 36.2 Å². The molecular weight excluding hydrogens is 388 g/mol. The molecule has 0 saturated heterocycles. The largest absolute Gasteiger partial charge is 0.465 e. The molecule has 0 spiro atoms. The van der Waals surface area contributed by atoms with Gasteiger partial charge in [-0.15, -0.1) is 0 Å². The third kappa shape index (κ3) is 4.31. The molecule has 0 bridgehead atoms. The van der Waals surface area contributed by atoms with E-state index >= 15 is 0 Å². The molecular formula is C26H26N2O3. The highest BCUT2D eigenvalue weighted by Gasteiger charge is 2.36. The first-order valence-corrected chi connectivity index (χ1v) is 10.5. The van der Waals surface area contributed by atoms with Crippen LogP contribution >= 0.6 is 0 Å². The van der Waals surface area contributed by atoms with Crippen LogP contribution in [0.1, 0.15) is 51.6 Å². The van der Waals surface area contributed by atoms with Gasteiger partial charge < -0.3 is 15.4 Å². The van der Waals surface area contributed by atoms with Gasteiger partial charge in [-0.3, -0.25) is 4.79 Å². The van der Waals surface area contributed by atoms with E-state index in [-0.39, 0.29) is 17.4 Å². The minimum Gasteiger partial charge on any atom is -0.465 e. The summed E-state index contributed by atoms with van der Waals surface area (Å²) < 4.78 is 4.78. The van der Waals surface area contributed by atoms with Crippen molar-refractivity contribution in [2.75, 3.05) is 17.7 Å². The summed E-state index contributed by atoms with van der Waals surface area (Å²) in [5, 5.41) is 7.28. The molecule has 1 aliphatic rings. The number of fused-ring (bicyclic) bond motifs is 1. The number of ether oxygens (including phenoxy) is 1. The number of anilines is 2. The number of hydrogen-bond acceptors (Lipinski definition) is 5. The summed E-state index contributed by atoms with van der Waals surface area (Å²) >= 11 is 0. The van der Waals surface area contributed by atoms with Gasteiger partial charge in [0.25, 0.3) is 0 Å². The molecule has 3 aromatic carbocycles. The van der Waals surface area contributed by atoms with Crippen LogP contribution in [0.2, 0.25) is 0 Å². The SMILES string of the molecule is CCCC1(Cc2ccc(C(=O)OC)cc2)Nc2ccc(C(=O)c3ccccc3)cc2N1. The minimum absolute atomic E-state index is 0.0107. The first-order chi connectivity index (χ1) is 15.0. The number of ketones is 1. The van der Waals surface area contributed by atoms with Crippen LogP contribution in [0.5, 0.6) is 0 Å². The number of carbonyl (C=O) groups excluding carboxylic acids is 2. The standard InChI is InChI=1S/C26H26N2O3/c1-3-15-26(17-18-9-11-20(12-10-18)25(30)31-2)27-22-14-13-21(16-23(22)28-26)24(29)19-7-5-4-6-8-19/h4-14,16,27-28H,3,15,17H2,1-2H3. The first-order valence-electron chi connectivity index (χ1n) is 10.5. The van der Waals surface area contributed by atoms with Gasteiger partial charge >= 0.3 is 5.97 Å². The maximum Gasteiger partial charge on any atom is 0.337 e. The monoisotopic (exact) mass is 414 g/mol. The maximum absolute atomic E-state index is 12.9. The first kappa shape index (κ1) is 20.7. The number of nitrogens with one attached hydrogen (secondary N) is 2. The van der Waals surface area contributed by atoms with Crippen molar-refractivity contribution in [1.82, 2.24) is 0 Å². The molecule has 158 valence electrons. The Kier molecular flexibility index (Phi) is 5.76. The predicted octanol–water partition coefficient (Wildman–Crippen LogP) is 5.28. The number of carbonyl (C=O) groups is 2. The Morgan fingerprint density at radius 3 is 2.19 bits per heavy atom. The molecule has 0 aliphatic carbocycles. The number of esters is 1. The van der Waals surface area contributed by atoms with Crippen LogP contribution in [0, 0.1) is 0 Å². The molecule has 0 saturated carbocycles. The summed E-state index contributed by atoms with van der Waals surface area (Å²) in [6.45, 7) is 2.15. The zero-order valence-electron chi connectivity index (χ0n) is 17.8. The Morgan fingerprint density at radius 2 is 1.52 bits per heavy atom. The van der Waals surface area contributed by atoms with Crippen molar-refractivity contribution in [1.29, 1.82) is 0 Å². The number of rotatable bonds is 7. The third-order valence-electron chi connectivity index (χ3n) is 5.62. The van der Waals surface area contributed by atoms with Gasteiger partial charge in [-0.25, -0.2) is 4.79 Å². The van der Waals surface area contributed by atoms with Crippen molar-refractivity contribution in [3.63, 3.8) is 0 Å². The fraction of sp³-hybridized carbons (Fsp3) is 0.231. The maximum atomic E-state index is 12.9. The molecule has 4 rings (SSSR count). The summed E-state index contributed by atoms with van der Waals surface area (Å²) in [4.78, 5) is 24.5. The summed E-state index contributed by atoms with van der Waals surface area (Å²) in [6.07, 6.45) is 2.63. The second-order valence-electron chi connectivity index (χ2n) is 7.90. The summed E-state index contributed by atoms with van der Waals surface area (Å²) in [5.74, 6) is -0.327. The summed E-state index contributed by atoms with van der Waals surface area (Å²) in [5.41, 5.74) is 4.56. The molecule has 3 aromatic rings. The van der Waals surface area contributed by atoms with Gasteiger partial charge in [-0.1, -0.05) is 55.8 Å². The fourth-order valence-electron chi connectivity index (χ4n) is 4.15. The van der Waals surface area contributed by atoms with Crippen molar-refractivity contribution >= 4 is 23.1 Å². The van der Waals surface area contributed by atoms with Gasteiger partial charge in [0.1, 0.15) is 5.66 Å². The predicted molar refractivity (Wildman–Crippen MR) is 123 cm³/mol. The highest BCUT2D eigenvalue weighted by molar-refractivity contribution is 6.10. The van der Waals surface area contributed by atoms with E-state index in [1.807, 2.05) is 60.7 Å². The second kappa shape index (κ2) is 8.64. The normalized spacial score (nSPS) is 16.7. The Balaban J connectivity index is 1.56. The molecule has 0 fully saturated rings. The number of hydrogen-bond donors (Lipinski definition) is 2. The van der Waals surface area contributed by atoms with Crippen LogP contribution in [0.4, 0.5) is 11.4 Å². The zero-order chi connectivity index (χ0) is 21.8. The lowest BCUT2D eigenvalue weighted by Crippen LogP contribution is -2.44. The quantitative estimate of drug-likeness (QED) is 0.407. The van der Waals surface area contributed by atoms with E-state index in [1.165, 1.54) is 7.11 Å². The van der Waals surface area contributed by atoms with Crippen LogP contribution in [0.25, 0.3) is 0 Å². The minimum atomic E-state index is -0.349. The highest BCUT2D eigenvalue weighted by atomic mass is 16.5. The van der Waals surface area contributed by atoms with Gasteiger partial charge in [0.15, 0.2) is 5.78 Å². The van der Waals surface area contributed by atoms with E-state index in [2.05, 4.69) is 17.6 Å². The molecule has 1 atom stereocenters. The molecule has 0 amide bonds. The lowest BCUT2D eigenvalue weighted by atomic mass is 9.95. The molecule has 31 heavy (non-hydrogen) atoms. The third-order valence-corrected chi connectivity index (χ3v) is 5.62. The lowest BCUT2D eigenvalue weighted by molar-refractivity contribution is 0.0600. The smallest absolute Gasteiger partial charge is 0.337 e. The van der Waals surface area contributed by atoms with E-state index in [0.29, 0.717) is 16.7 Å². The molecule has 0 radical (unpaired) electrons. The Bertz CT molecular complexity index is 1090. The molecule has 1 aliphatic heterocycles. The molecule has 1 heterocycles. The van der Waals surface area contributed by atoms with Gasteiger partial charge in [0.05, 0.1) is 24.0 Å². The average Bonchev–Trinajstić information content (AvgIpc) is 3.16. The molecule has 0 aromatic heterocycles. The highest BCUT2D eigenvalue weighted by Crippen LogP contribution is 2.39. The zero-order valence-corrected chi connectivity index (χ0v) is 17.8. The molecule has 5 nitrogen and oxygen atoms in total. The van der Waals surface area contributed by atoms with Crippen LogP contribution < -0.4 is 10.6 Å². The number of benzene rings is 3. The Hall–Kier alpha value is -3.60. The lowest BCUT2D eigenvalue weighted by Gasteiger charge is -2.31. The molecule has 1 unspecified atom stereocenters. The van der Waals surface area contributed by atoms with E-state index < -0.39 is 0 Å². The van der Waals surface area contributed by atoms with Crippen molar-refractivity contribution in [2.45, 2.75) is 31.8 Å². The summed E-state index contributed by atoms with van der Waals surface area (Å²) in [7, 11) is 1.38. The average molecular weight is 415 g/mol. The van der Waals surface area contributed by atoms with Gasteiger partial charge in [0.2, 0.25) is 0 Å². The van der Waals surface area contributed by atoms with E-state index in [1.54, 1.807) is 12.1 Å². The van der Waals surface area contributed by atoms with Crippen molar-refractivity contribution in [3.05, 3.63) is 95.1 Å². The molecule has 2 N–H and O–H groups in total. The van der Waals surface area contributed by atoms with Crippen LogP contribution in [0.3, 0.4) is 0 Å². The van der Waals surface area contributed by atoms with Gasteiger partial charge in [-0.05, 0) is 42.3 Å². The number of methoxy groups -OCH3 is 1. The topological polar surface area (TPSA) is 67.4 Å². The fourth-order valence-corrected chi connectivity index (χ4v) is 4.15. The summed E-state index contributed by atoms with van der Waals surface area (Å²) in [6, 6.07) is 22.6. The second-order valence-corrected chi connectivity index (χ2v) is 7.90. The van der Waals surface area contributed by atoms with Gasteiger partial charge in [0, 0.05) is 17.5 Å². The van der Waals surface area contributed by atoms with Crippen molar-refractivity contribution in [2.24, 2.45) is 0 Å².